The zero-order chi connectivity index (χ0) is 10.9. The molecule has 1 unspecified atom stereocenters. The molecular formula is C12H19NO. The van der Waals surface area contributed by atoms with Gasteiger partial charge in [-0.1, -0.05) is 32.9 Å². The first-order chi connectivity index (χ1) is 6.32. The van der Waals surface area contributed by atoms with Crippen LogP contribution in [0.15, 0.2) is 18.2 Å². The molecule has 2 nitrogen and oxygen atoms in total. The third-order valence-electron chi connectivity index (χ3n) is 2.39. The number of nitrogens with two attached hydrogens (primary N) is 1. The van der Waals surface area contributed by atoms with Gasteiger partial charge >= 0.3 is 0 Å². The van der Waals surface area contributed by atoms with Crippen LogP contribution in [0.2, 0.25) is 0 Å². The van der Waals surface area contributed by atoms with Crippen LogP contribution < -0.4 is 5.73 Å². The van der Waals surface area contributed by atoms with Crippen molar-refractivity contribution in [2.75, 3.05) is 0 Å². The summed E-state index contributed by atoms with van der Waals surface area (Å²) in [6.45, 7) is 8.22. The van der Waals surface area contributed by atoms with Crippen LogP contribution in [0.1, 0.15) is 44.9 Å². The molecule has 0 spiro atoms. The van der Waals surface area contributed by atoms with Crippen molar-refractivity contribution in [2.45, 2.75) is 39.2 Å². The molecule has 0 radical (unpaired) electrons. The van der Waals surface area contributed by atoms with E-state index in [2.05, 4.69) is 20.8 Å². The molecule has 1 atom stereocenters. The maximum Gasteiger partial charge on any atom is 0.120 e. The van der Waals surface area contributed by atoms with Crippen molar-refractivity contribution in [1.82, 2.24) is 0 Å². The molecule has 0 aliphatic heterocycles. The van der Waals surface area contributed by atoms with Crippen LogP contribution in [0.5, 0.6) is 5.75 Å². The lowest BCUT2D eigenvalue weighted by Gasteiger charge is -2.20. The number of aromatic hydroxyl groups is 1. The van der Waals surface area contributed by atoms with Crippen LogP contribution >= 0.6 is 0 Å². The molecule has 14 heavy (non-hydrogen) atoms. The van der Waals surface area contributed by atoms with Gasteiger partial charge in [-0.3, -0.25) is 0 Å². The molecule has 0 aliphatic carbocycles. The molecule has 2 heteroatoms. The second kappa shape index (κ2) is 3.62. The molecule has 1 aromatic rings. The average molecular weight is 193 g/mol. The van der Waals surface area contributed by atoms with E-state index in [9.17, 15) is 5.11 Å². The fourth-order valence-corrected chi connectivity index (χ4v) is 1.40. The Morgan fingerprint density at radius 2 is 1.86 bits per heavy atom. The fraction of sp³-hybridized carbons (Fsp3) is 0.500. The van der Waals surface area contributed by atoms with Crippen molar-refractivity contribution in [3.63, 3.8) is 0 Å². The lowest BCUT2D eigenvalue weighted by Crippen LogP contribution is -2.12. The Hall–Kier alpha value is -1.02. The van der Waals surface area contributed by atoms with Gasteiger partial charge in [0.25, 0.3) is 0 Å². The number of benzene rings is 1. The van der Waals surface area contributed by atoms with Crippen molar-refractivity contribution in [3.05, 3.63) is 29.3 Å². The number of rotatable bonds is 1. The second-order valence-corrected chi connectivity index (χ2v) is 4.81. The van der Waals surface area contributed by atoms with E-state index >= 15 is 0 Å². The van der Waals surface area contributed by atoms with Gasteiger partial charge in [0, 0.05) is 11.6 Å². The topological polar surface area (TPSA) is 46.2 Å². The molecule has 1 rings (SSSR count). The molecule has 3 N–H and O–H groups in total. The summed E-state index contributed by atoms with van der Waals surface area (Å²) >= 11 is 0. The minimum absolute atomic E-state index is 0.0633. The molecule has 0 aliphatic rings. The Kier molecular flexibility index (Phi) is 2.86. The molecular weight excluding hydrogens is 174 g/mol. The highest BCUT2D eigenvalue weighted by Crippen LogP contribution is 2.29. The maximum atomic E-state index is 9.75. The molecule has 1 aromatic carbocycles. The van der Waals surface area contributed by atoms with Crippen LogP contribution in [-0.4, -0.2) is 5.11 Å². The quantitative estimate of drug-likeness (QED) is 0.720. The highest BCUT2D eigenvalue weighted by Gasteiger charge is 2.16. The molecule has 0 amide bonds. The van der Waals surface area contributed by atoms with Gasteiger partial charge < -0.3 is 10.8 Å². The van der Waals surface area contributed by atoms with Gasteiger partial charge in [-0.2, -0.15) is 0 Å². The summed E-state index contributed by atoms with van der Waals surface area (Å²) in [4.78, 5) is 0. The SMILES string of the molecule is CC(N)c1ccc(C(C)(C)C)cc1O. The summed E-state index contributed by atoms with van der Waals surface area (Å²) < 4.78 is 0. The first-order valence-electron chi connectivity index (χ1n) is 4.91. The van der Waals surface area contributed by atoms with Gasteiger partial charge in [0.1, 0.15) is 5.75 Å². The van der Waals surface area contributed by atoms with Crippen LogP contribution in [0.25, 0.3) is 0 Å². The third-order valence-corrected chi connectivity index (χ3v) is 2.39. The Balaban J connectivity index is 3.13. The highest BCUT2D eigenvalue weighted by atomic mass is 16.3. The van der Waals surface area contributed by atoms with Crippen molar-refractivity contribution in [1.29, 1.82) is 0 Å². The summed E-state index contributed by atoms with van der Waals surface area (Å²) in [5, 5.41) is 9.75. The Bertz CT molecular complexity index is 324. The summed E-state index contributed by atoms with van der Waals surface area (Å²) in [5.74, 6) is 0.299. The zero-order valence-corrected chi connectivity index (χ0v) is 9.33. The van der Waals surface area contributed by atoms with Gasteiger partial charge in [0.05, 0.1) is 0 Å². The third kappa shape index (κ3) is 2.26. The minimum atomic E-state index is -0.121. The van der Waals surface area contributed by atoms with E-state index in [-0.39, 0.29) is 11.5 Å². The maximum absolute atomic E-state index is 9.75. The van der Waals surface area contributed by atoms with E-state index in [0.717, 1.165) is 11.1 Å². The number of phenolic OH excluding ortho intramolecular Hbond substituents is 1. The van der Waals surface area contributed by atoms with Crippen molar-refractivity contribution in [3.8, 4) is 5.75 Å². The standard InChI is InChI=1S/C12H19NO/c1-8(13)10-6-5-9(7-11(10)14)12(2,3)4/h5-8,14H,13H2,1-4H3. The van der Waals surface area contributed by atoms with E-state index in [4.69, 9.17) is 5.73 Å². The molecule has 0 heterocycles. The van der Waals surface area contributed by atoms with E-state index in [1.165, 1.54) is 0 Å². The van der Waals surface area contributed by atoms with Gasteiger partial charge in [-0.25, -0.2) is 0 Å². The minimum Gasteiger partial charge on any atom is -0.508 e. The Labute approximate surface area is 85.8 Å². The molecule has 0 bridgehead atoms. The van der Waals surface area contributed by atoms with Gasteiger partial charge in [0.15, 0.2) is 0 Å². The van der Waals surface area contributed by atoms with Crippen LogP contribution in [0, 0.1) is 0 Å². The number of phenols is 1. The van der Waals surface area contributed by atoms with Gasteiger partial charge in [-0.15, -0.1) is 0 Å². The lowest BCUT2D eigenvalue weighted by atomic mass is 9.86. The van der Waals surface area contributed by atoms with Crippen molar-refractivity contribution in [2.24, 2.45) is 5.73 Å². The summed E-state index contributed by atoms with van der Waals surface area (Å²) in [5.41, 5.74) is 7.71. The monoisotopic (exact) mass is 193 g/mol. The predicted octanol–water partition coefficient (Wildman–Crippen LogP) is 2.71. The normalized spacial score (nSPS) is 14.1. The number of hydrogen-bond acceptors (Lipinski definition) is 2. The Morgan fingerprint density at radius 3 is 2.21 bits per heavy atom. The van der Waals surface area contributed by atoms with Gasteiger partial charge in [0.2, 0.25) is 0 Å². The molecule has 0 fully saturated rings. The molecule has 0 saturated heterocycles. The van der Waals surface area contributed by atoms with Crippen LogP contribution in [0.4, 0.5) is 0 Å². The number of hydrogen-bond donors (Lipinski definition) is 2. The van der Waals surface area contributed by atoms with Crippen molar-refractivity contribution >= 4 is 0 Å². The lowest BCUT2D eigenvalue weighted by molar-refractivity contribution is 0.459. The smallest absolute Gasteiger partial charge is 0.120 e. The van der Waals surface area contributed by atoms with E-state index in [1.54, 1.807) is 6.07 Å². The van der Waals surface area contributed by atoms with Gasteiger partial charge in [-0.05, 0) is 24.0 Å². The molecule has 0 aromatic heterocycles. The van der Waals surface area contributed by atoms with E-state index in [0.29, 0.717) is 5.75 Å². The first-order valence-corrected chi connectivity index (χ1v) is 4.91. The fourth-order valence-electron chi connectivity index (χ4n) is 1.40. The van der Waals surface area contributed by atoms with E-state index in [1.807, 2.05) is 19.1 Å². The second-order valence-electron chi connectivity index (χ2n) is 4.81. The first kappa shape index (κ1) is 11.1. The summed E-state index contributed by atoms with van der Waals surface area (Å²) in [6.07, 6.45) is 0. The summed E-state index contributed by atoms with van der Waals surface area (Å²) in [6, 6.07) is 5.61. The van der Waals surface area contributed by atoms with Crippen LogP contribution in [-0.2, 0) is 5.41 Å². The largest absolute Gasteiger partial charge is 0.508 e. The average Bonchev–Trinajstić information content (AvgIpc) is 2.01. The summed E-state index contributed by atoms with van der Waals surface area (Å²) in [7, 11) is 0. The van der Waals surface area contributed by atoms with Crippen LogP contribution in [0.3, 0.4) is 0 Å². The molecule has 0 saturated carbocycles. The predicted molar refractivity (Wildman–Crippen MR) is 59.4 cm³/mol. The zero-order valence-electron chi connectivity index (χ0n) is 9.33. The highest BCUT2D eigenvalue weighted by molar-refractivity contribution is 5.40. The molecule has 78 valence electrons. The van der Waals surface area contributed by atoms with E-state index < -0.39 is 0 Å². The van der Waals surface area contributed by atoms with Crippen molar-refractivity contribution < 1.29 is 5.11 Å². The Morgan fingerprint density at radius 1 is 1.29 bits per heavy atom.